The lowest BCUT2D eigenvalue weighted by Gasteiger charge is -2.26. The summed E-state index contributed by atoms with van der Waals surface area (Å²) in [6.07, 6.45) is 11.3. The fourth-order valence-electron chi connectivity index (χ4n) is 5.62. The van der Waals surface area contributed by atoms with Crippen molar-refractivity contribution in [3.8, 4) is 11.3 Å². The summed E-state index contributed by atoms with van der Waals surface area (Å²) < 4.78 is 3.29. The zero-order chi connectivity index (χ0) is 23.6. The SMILES string of the molecule is O=C(CCCCN1CCCCC1)c1ccc2c(c1)sc1nc(-c3ccc([C@H]4CCCN4)cc3)cn12. The second-order valence-electron chi connectivity index (χ2n) is 10.1. The Kier molecular flexibility index (Phi) is 6.68. The van der Waals surface area contributed by atoms with Crippen LogP contribution in [0.3, 0.4) is 0 Å². The number of benzene rings is 2. The highest BCUT2D eigenvalue weighted by Crippen LogP contribution is 2.31. The molecule has 2 aliphatic heterocycles. The van der Waals surface area contributed by atoms with Crippen LogP contribution in [-0.4, -0.2) is 46.2 Å². The number of carbonyl (C=O) groups excluding carboxylic acids is 1. The molecule has 2 fully saturated rings. The van der Waals surface area contributed by atoms with Crippen LogP contribution in [0.5, 0.6) is 0 Å². The lowest BCUT2D eigenvalue weighted by molar-refractivity contribution is 0.0977. The highest BCUT2D eigenvalue weighted by Gasteiger charge is 2.17. The van der Waals surface area contributed by atoms with Gasteiger partial charge in [-0.3, -0.25) is 9.20 Å². The molecule has 1 atom stereocenters. The van der Waals surface area contributed by atoms with E-state index in [2.05, 4.69) is 57.2 Å². The summed E-state index contributed by atoms with van der Waals surface area (Å²) in [5.41, 5.74) is 5.46. The van der Waals surface area contributed by atoms with Crippen molar-refractivity contribution in [1.82, 2.24) is 19.6 Å². The number of piperidine rings is 1. The summed E-state index contributed by atoms with van der Waals surface area (Å²) in [6.45, 7) is 4.71. The highest BCUT2D eigenvalue weighted by molar-refractivity contribution is 7.23. The van der Waals surface area contributed by atoms with Gasteiger partial charge in [0.05, 0.1) is 15.9 Å². The first kappa shape index (κ1) is 22.9. The van der Waals surface area contributed by atoms with Crippen molar-refractivity contribution < 1.29 is 4.79 Å². The Hall–Kier alpha value is -2.54. The zero-order valence-electron chi connectivity index (χ0n) is 20.3. The Bertz CT molecular complexity index is 1310. The third-order valence-electron chi connectivity index (χ3n) is 7.66. The zero-order valence-corrected chi connectivity index (χ0v) is 21.2. The molecule has 35 heavy (non-hydrogen) atoms. The molecule has 6 rings (SSSR count). The Morgan fingerprint density at radius 3 is 2.69 bits per heavy atom. The molecule has 4 heterocycles. The van der Waals surface area contributed by atoms with Gasteiger partial charge in [0.1, 0.15) is 0 Å². The standard InChI is InChI=1S/C29H34N4OS/c34-27(8-2-5-18-32-16-3-1-4-17-32)23-13-14-26-28(19-23)35-29-31-25(20-33(26)29)22-11-9-21(10-12-22)24-7-6-15-30-24/h9-14,19-20,24,30H,1-8,15-18H2/t24-/m1/s1. The van der Waals surface area contributed by atoms with Crippen LogP contribution in [0.4, 0.5) is 0 Å². The average Bonchev–Trinajstić information content (AvgIpc) is 3.64. The number of thiazole rings is 1. The van der Waals surface area contributed by atoms with Crippen LogP contribution in [0.2, 0.25) is 0 Å². The minimum atomic E-state index is 0.258. The van der Waals surface area contributed by atoms with E-state index in [1.165, 1.54) is 50.8 Å². The van der Waals surface area contributed by atoms with Crippen molar-refractivity contribution in [3.63, 3.8) is 0 Å². The van der Waals surface area contributed by atoms with Crippen molar-refractivity contribution in [2.45, 2.75) is 57.4 Å². The van der Waals surface area contributed by atoms with Gasteiger partial charge in [0, 0.05) is 29.8 Å². The van der Waals surface area contributed by atoms with Gasteiger partial charge in [0.15, 0.2) is 10.7 Å². The molecular formula is C29H34N4OS. The van der Waals surface area contributed by atoms with Crippen LogP contribution >= 0.6 is 11.3 Å². The van der Waals surface area contributed by atoms with Gasteiger partial charge in [0.25, 0.3) is 0 Å². The molecule has 2 aliphatic rings. The number of fused-ring (bicyclic) bond motifs is 3. The van der Waals surface area contributed by atoms with E-state index in [-0.39, 0.29) is 5.78 Å². The van der Waals surface area contributed by atoms with E-state index in [0.717, 1.165) is 57.9 Å². The number of likely N-dealkylation sites (tertiary alicyclic amines) is 1. The molecular weight excluding hydrogens is 452 g/mol. The van der Waals surface area contributed by atoms with Crippen LogP contribution in [0.1, 0.15) is 73.3 Å². The van der Waals surface area contributed by atoms with Crippen molar-refractivity contribution in [2.75, 3.05) is 26.2 Å². The number of hydrogen-bond donors (Lipinski definition) is 1. The Morgan fingerprint density at radius 1 is 1.03 bits per heavy atom. The molecule has 0 bridgehead atoms. The number of nitrogens with zero attached hydrogens (tertiary/aromatic N) is 3. The Labute approximate surface area is 211 Å². The number of hydrogen-bond acceptors (Lipinski definition) is 5. The van der Waals surface area contributed by atoms with Gasteiger partial charge in [-0.25, -0.2) is 4.98 Å². The lowest BCUT2D eigenvalue weighted by atomic mass is 10.0. The molecule has 0 saturated carbocycles. The number of unbranched alkanes of at least 4 members (excludes halogenated alkanes) is 1. The summed E-state index contributed by atoms with van der Waals surface area (Å²) in [5, 5.41) is 3.57. The number of aromatic nitrogens is 2. The van der Waals surface area contributed by atoms with Gasteiger partial charge in [-0.05, 0) is 88.5 Å². The number of nitrogens with one attached hydrogen (secondary N) is 1. The first-order chi connectivity index (χ1) is 17.2. The monoisotopic (exact) mass is 486 g/mol. The van der Waals surface area contributed by atoms with E-state index in [1.807, 2.05) is 6.07 Å². The summed E-state index contributed by atoms with van der Waals surface area (Å²) >= 11 is 1.66. The maximum absolute atomic E-state index is 12.8. The summed E-state index contributed by atoms with van der Waals surface area (Å²) in [6, 6.07) is 15.5. The maximum atomic E-state index is 12.8. The van der Waals surface area contributed by atoms with Crippen LogP contribution in [0.15, 0.2) is 48.7 Å². The number of rotatable bonds is 8. The molecule has 0 spiro atoms. The minimum absolute atomic E-state index is 0.258. The molecule has 2 saturated heterocycles. The predicted molar refractivity (Wildman–Crippen MR) is 144 cm³/mol. The Morgan fingerprint density at radius 2 is 1.89 bits per heavy atom. The van der Waals surface area contributed by atoms with E-state index in [4.69, 9.17) is 4.98 Å². The third kappa shape index (κ3) is 4.92. The fraction of sp³-hybridized carbons (Fsp3) is 0.448. The highest BCUT2D eigenvalue weighted by atomic mass is 32.1. The van der Waals surface area contributed by atoms with Crippen LogP contribution in [0, 0.1) is 0 Å². The molecule has 6 heteroatoms. The van der Waals surface area contributed by atoms with E-state index >= 15 is 0 Å². The fourth-order valence-corrected chi connectivity index (χ4v) is 6.66. The van der Waals surface area contributed by atoms with Gasteiger partial charge >= 0.3 is 0 Å². The van der Waals surface area contributed by atoms with E-state index < -0.39 is 0 Å². The molecule has 2 aromatic heterocycles. The number of ketones is 1. The molecule has 0 amide bonds. The van der Waals surface area contributed by atoms with Crippen LogP contribution in [-0.2, 0) is 0 Å². The summed E-state index contributed by atoms with van der Waals surface area (Å²) in [4.78, 5) is 21.2. The number of imidazole rings is 1. The number of Topliss-reactive ketones (excluding diaryl/α,β-unsaturated/α-hetero) is 1. The molecule has 2 aromatic carbocycles. The van der Waals surface area contributed by atoms with Gasteiger partial charge < -0.3 is 10.2 Å². The summed E-state index contributed by atoms with van der Waals surface area (Å²) in [7, 11) is 0. The lowest BCUT2D eigenvalue weighted by Crippen LogP contribution is -2.30. The number of carbonyl (C=O) groups is 1. The second-order valence-corrected chi connectivity index (χ2v) is 11.1. The predicted octanol–water partition coefficient (Wildman–Crippen LogP) is 6.48. The average molecular weight is 487 g/mol. The van der Waals surface area contributed by atoms with Crippen molar-refractivity contribution in [3.05, 3.63) is 59.8 Å². The topological polar surface area (TPSA) is 49.6 Å². The molecule has 5 nitrogen and oxygen atoms in total. The van der Waals surface area contributed by atoms with Gasteiger partial charge in [-0.15, -0.1) is 0 Å². The smallest absolute Gasteiger partial charge is 0.195 e. The third-order valence-corrected chi connectivity index (χ3v) is 8.68. The van der Waals surface area contributed by atoms with Crippen LogP contribution < -0.4 is 5.32 Å². The molecule has 0 radical (unpaired) electrons. The first-order valence-electron chi connectivity index (χ1n) is 13.3. The van der Waals surface area contributed by atoms with Gasteiger partial charge in [-0.2, -0.15) is 0 Å². The molecule has 0 aliphatic carbocycles. The minimum Gasteiger partial charge on any atom is -0.310 e. The maximum Gasteiger partial charge on any atom is 0.195 e. The Balaban J connectivity index is 1.12. The molecule has 182 valence electrons. The van der Waals surface area contributed by atoms with Gasteiger partial charge in [0.2, 0.25) is 0 Å². The normalized spacial score (nSPS) is 19.1. The van der Waals surface area contributed by atoms with E-state index in [1.54, 1.807) is 11.3 Å². The van der Waals surface area contributed by atoms with Crippen molar-refractivity contribution in [1.29, 1.82) is 0 Å². The second kappa shape index (κ2) is 10.2. The van der Waals surface area contributed by atoms with E-state index in [9.17, 15) is 4.79 Å². The first-order valence-corrected chi connectivity index (χ1v) is 14.1. The van der Waals surface area contributed by atoms with Crippen molar-refractivity contribution >= 4 is 32.3 Å². The van der Waals surface area contributed by atoms with E-state index in [0.29, 0.717) is 12.5 Å². The largest absolute Gasteiger partial charge is 0.310 e. The van der Waals surface area contributed by atoms with Crippen LogP contribution in [0.25, 0.3) is 26.4 Å². The van der Waals surface area contributed by atoms with Crippen molar-refractivity contribution in [2.24, 2.45) is 0 Å². The molecule has 1 N–H and O–H groups in total. The summed E-state index contributed by atoms with van der Waals surface area (Å²) in [5.74, 6) is 0.258. The molecule has 4 aromatic rings. The quantitative estimate of drug-likeness (QED) is 0.229. The van der Waals surface area contributed by atoms with Gasteiger partial charge in [-0.1, -0.05) is 42.0 Å². The molecule has 0 unspecified atom stereocenters.